The number of aromatic nitrogens is 2. The van der Waals surface area contributed by atoms with Gasteiger partial charge in [0.15, 0.2) is 12.4 Å². The van der Waals surface area contributed by atoms with Crippen molar-refractivity contribution in [3.8, 4) is 0 Å². The predicted molar refractivity (Wildman–Crippen MR) is 53.2 cm³/mol. The van der Waals surface area contributed by atoms with Crippen LogP contribution in [0.15, 0.2) is 21.9 Å². The van der Waals surface area contributed by atoms with Gasteiger partial charge in [-0.05, 0) is 0 Å². The van der Waals surface area contributed by atoms with Crippen molar-refractivity contribution in [1.29, 1.82) is 0 Å². The molecule has 4 atom stereocenters. The lowest BCUT2D eigenvalue weighted by Crippen LogP contribution is -2.35. The molecule has 1 aromatic rings. The molecule has 0 aliphatic carbocycles. The molecule has 0 aromatic carbocycles. The third kappa shape index (κ3) is 2.02. The summed E-state index contributed by atoms with van der Waals surface area (Å²) in [5.41, 5.74) is -1.45. The van der Waals surface area contributed by atoms with Crippen molar-refractivity contribution in [3.05, 3.63) is 33.1 Å². The second kappa shape index (κ2) is 4.40. The minimum Gasteiger partial charge on any atom is -0.394 e. The molecule has 3 N–H and O–H groups in total. The summed E-state index contributed by atoms with van der Waals surface area (Å²) in [5, 5.41) is 18.2. The van der Waals surface area contributed by atoms with E-state index in [0.717, 1.165) is 16.8 Å². The van der Waals surface area contributed by atoms with Gasteiger partial charge in [-0.2, -0.15) is 0 Å². The number of aliphatic hydroxyl groups is 2. The Hall–Kier alpha value is -1.51. The molecule has 0 radical (unpaired) electrons. The van der Waals surface area contributed by atoms with Crippen molar-refractivity contribution < 1.29 is 19.3 Å². The van der Waals surface area contributed by atoms with E-state index >= 15 is 0 Å². The molecule has 2 heterocycles. The number of hydrogen-bond acceptors (Lipinski definition) is 5. The Kier molecular flexibility index (Phi) is 3.09. The third-order valence-corrected chi connectivity index (χ3v) is 2.60. The lowest BCUT2D eigenvalue weighted by atomic mass is 10.1. The van der Waals surface area contributed by atoms with Crippen LogP contribution in [-0.4, -0.2) is 44.8 Å². The second-order valence-electron chi connectivity index (χ2n) is 3.70. The Balaban J connectivity index is 2.35. The maximum Gasteiger partial charge on any atom is 0.330 e. The SMILES string of the molecule is O=c1ccn(C2O[C@H](CO)[C@@H](O)[C@@H]2F)c(=O)[nH]1. The first-order valence-electron chi connectivity index (χ1n) is 4.94. The summed E-state index contributed by atoms with van der Waals surface area (Å²) in [7, 11) is 0. The molecular weight excluding hydrogens is 235 g/mol. The fourth-order valence-corrected chi connectivity index (χ4v) is 1.71. The highest BCUT2D eigenvalue weighted by Crippen LogP contribution is 2.30. The molecule has 1 aliphatic rings. The van der Waals surface area contributed by atoms with Crippen LogP contribution >= 0.6 is 0 Å². The van der Waals surface area contributed by atoms with Gasteiger partial charge in [-0.1, -0.05) is 0 Å². The Morgan fingerprint density at radius 1 is 1.53 bits per heavy atom. The predicted octanol–water partition coefficient (Wildman–Crippen LogP) is -1.87. The van der Waals surface area contributed by atoms with Gasteiger partial charge in [0.2, 0.25) is 0 Å². The summed E-state index contributed by atoms with van der Waals surface area (Å²) < 4.78 is 19.5. The van der Waals surface area contributed by atoms with E-state index in [-0.39, 0.29) is 0 Å². The number of H-pyrrole nitrogens is 1. The van der Waals surface area contributed by atoms with Crippen molar-refractivity contribution in [1.82, 2.24) is 9.55 Å². The van der Waals surface area contributed by atoms with E-state index in [1.165, 1.54) is 0 Å². The summed E-state index contributed by atoms with van der Waals surface area (Å²) in [5.74, 6) is 0. The first-order chi connectivity index (χ1) is 8.04. The summed E-state index contributed by atoms with van der Waals surface area (Å²) >= 11 is 0. The first-order valence-corrected chi connectivity index (χ1v) is 4.94. The zero-order valence-corrected chi connectivity index (χ0v) is 8.62. The molecule has 0 spiro atoms. The van der Waals surface area contributed by atoms with E-state index in [0.29, 0.717) is 0 Å². The number of halogens is 1. The maximum absolute atomic E-state index is 13.6. The smallest absolute Gasteiger partial charge is 0.330 e. The maximum atomic E-state index is 13.6. The number of aliphatic hydroxyl groups excluding tert-OH is 2. The Morgan fingerprint density at radius 3 is 2.76 bits per heavy atom. The second-order valence-corrected chi connectivity index (χ2v) is 3.70. The molecule has 8 heteroatoms. The van der Waals surface area contributed by atoms with E-state index in [9.17, 15) is 19.1 Å². The van der Waals surface area contributed by atoms with E-state index < -0.39 is 42.5 Å². The van der Waals surface area contributed by atoms with Crippen molar-refractivity contribution in [2.75, 3.05) is 6.61 Å². The number of hydrogen-bond donors (Lipinski definition) is 3. The van der Waals surface area contributed by atoms with Crippen LogP contribution in [0.5, 0.6) is 0 Å². The molecule has 0 amide bonds. The van der Waals surface area contributed by atoms with Gasteiger partial charge < -0.3 is 14.9 Å². The largest absolute Gasteiger partial charge is 0.394 e. The van der Waals surface area contributed by atoms with Crippen LogP contribution in [0.2, 0.25) is 0 Å². The van der Waals surface area contributed by atoms with Gasteiger partial charge in [-0.25, -0.2) is 9.18 Å². The molecule has 1 aliphatic heterocycles. The number of aromatic amines is 1. The molecule has 1 fully saturated rings. The van der Waals surface area contributed by atoms with Gasteiger partial charge >= 0.3 is 5.69 Å². The molecule has 0 bridgehead atoms. The first kappa shape index (κ1) is 12.0. The van der Waals surface area contributed by atoms with Crippen LogP contribution in [0.1, 0.15) is 6.23 Å². The van der Waals surface area contributed by atoms with Crippen molar-refractivity contribution >= 4 is 0 Å². The van der Waals surface area contributed by atoms with Crippen LogP contribution in [0.4, 0.5) is 4.39 Å². The quantitative estimate of drug-likeness (QED) is 0.567. The third-order valence-electron chi connectivity index (χ3n) is 2.60. The minimum absolute atomic E-state index is 0.559. The van der Waals surface area contributed by atoms with Crippen LogP contribution in [-0.2, 0) is 4.74 Å². The van der Waals surface area contributed by atoms with Crippen molar-refractivity contribution in [2.45, 2.75) is 24.6 Å². The van der Waals surface area contributed by atoms with Gasteiger partial charge in [-0.15, -0.1) is 0 Å². The number of rotatable bonds is 2. The Bertz CT molecular complexity index is 513. The van der Waals surface area contributed by atoms with Gasteiger partial charge in [-0.3, -0.25) is 14.3 Å². The molecule has 17 heavy (non-hydrogen) atoms. The van der Waals surface area contributed by atoms with Crippen molar-refractivity contribution in [2.24, 2.45) is 0 Å². The molecule has 7 nitrogen and oxygen atoms in total. The van der Waals surface area contributed by atoms with Crippen LogP contribution in [0.3, 0.4) is 0 Å². The van der Waals surface area contributed by atoms with E-state index in [1.54, 1.807) is 0 Å². The fourth-order valence-electron chi connectivity index (χ4n) is 1.71. The molecule has 0 saturated carbocycles. The van der Waals surface area contributed by atoms with Gasteiger partial charge in [0.05, 0.1) is 6.61 Å². The molecule has 1 saturated heterocycles. The highest BCUT2D eigenvalue weighted by molar-refractivity contribution is 4.93. The lowest BCUT2D eigenvalue weighted by Gasteiger charge is -2.15. The molecule has 94 valence electrons. The summed E-state index contributed by atoms with van der Waals surface area (Å²) in [6.07, 6.45) is -4.73. The molecule has 1 unspecified atom stereocenters. The normalized spacial score (nSPS) is 32.9. The average Bonchev–Trinajstić information content (AvgIpc) is 2.57. The standard InChI is InChI=1S/C9H11FN2O5/c10-6-7(15)4(3-13)17-8(6)12-2-1-5(14)11-9(12)16/h1-2,4,6-8,13,15H,3H2,(H,11,14,16)/t4-,6+,7-,8?/m1/s1. The van der Waals surface area contributed by atoms with Gasteiger partial charge in [0.25, 0.3) is 5.56 Å². The lowest BCUT2D eigenvalue weighted by molar-refractivity contribution is -0.0491. The number of nitrogens with zero attached hydrogens (tertiary/aromatic N) is 1. The minimum atomic E-state index is -1.85. The van der Waals surface area contributed by atoms with Crippen LogP contribution < -0.4 is 11.2 Å². The number of nitrogens with one attached hydrogen (secondary N) is 1. The topological polar surface area (TPSA) is 105 Å². The van der Waals surface area contributed by atoms with E-state index in [2.05, 4.69) is 0 Å². The van der Waals surface area contributed by atoms with Crippen LogP contribution in [0.25, 0.3) is 0 Å². The number of ether oxygens (including phenoxy) is 1. The van der Waals surface area contributed by atoms with E-state index in [4.69, 9.17) is 9.84 Å². The average molecular weight is 246 g/mol. The fraction of sp³-hybridized carbons (Fsp3) is 0.556. The zero-order valence-electron chi connectivity index (χ0n) is 8.62. The molecular formula is C9H11FN2O5. The van der Waals surface area contributed by atoms with E-state index in [1.807, 2.05) is 4.98 Å². The summed E-state index contributed by atoms with van der Waals surface area (Å²) in [6, 6.07) is 1.04. The van der Waals surface area contributed by atoms with Gasteiger partial charge in [0.1, 0.15) is 12.2 Å². The van der Waals surface area contributed by atoms with Gasteiger partial charge in [0, 0.05) is 12.3 Å². The van der Waals surface area contributed by atoms with Crippen molar-refractivity contribution in [3.63, 3.8) is 0 Å². The Morgan fingerprint density at radius 2 is 2.24 bits per heavy atom. The van der Waals surface area contributed by atoms with Crippen LogP contribution in [0, 0.1) is 0 Å². The molecule has 1 aromatic heterocycles. The molecule has 2 rings (SSSR count). The monoisotopic (exact) mass is 246 g/mol. The zero-order chi connectivity index (χ0) is 12.6. The summed E-state index contributed by atoms with van der Waals surface area (Å²) in [6.45, 7) is -0.559. The summed E-state index contributed by atoms with van der Waals surface area (Å²) in [4.78, 5) is 24.2. The highest BCUT2D eigenvalue weighted by Gasteiger charge is 2.45. The Labute approximate surface area is 94.1 Å². The number of alkyl halides is 1. The highest BCUT2D eigenvalue weighted by atomic mass is 19.1.